The Hall–Kier alpha value is -4.35. The van der Waals surface area contributed by atoms with Gasteiger partial charge in [-0.15, -0.1) is 0 Å². The molecule has 3 saturated heterocycles. The molecule has 1 amide bonds. The van der Waals surface area contributed by atoms with Crippen LogP contribution in [0.5, 0.6) is 5.75 Å². The van der Waals surface area contributed by atoms with Gasteiger partial charge in [-0.25, -0.2) is 4.98 Å². The SMILES string of the molecule is CCOC(=O)CBr.CCOC(=O)CN1CCN(c2ccc(Cl)cc2)CC1.Clc1ccc(N2CCNCC2)cc1.O=C(CN1CCN(c2ccc(Cl)cc2)CC1)Nc1ccc(O)cn1. The lowest BCUT2D eigenvalue weighted by Gasteiger charge is -2.35. The third kappa shape index (κ3) is 19.5. The first-order valence-corrected chi connectivity index (χ1v) is 23.2. The summed E-state index contributed by atoms with van der Waals surface area (Å²) in [5.41, 5.74) is 3.60. The molecule has 0 unspecified atom stereocenters. The second-order valence-corrected chi connectivity index (χ2v) is 16.3. The van der Waals surface area contributed by atoms with E-state index in [0.717, 1.165) is 99.3 Å². The zero-order chi connectivity index (χ0) is 45.4. The number of aromatic hydroxyl groups is 1. The molecule has 0 spiro atoms. The number of alkyl halides is 1. The molecule has 4 heterocycles. The molecular formula is C45H58BrCl3N8O6. The van der Waals surface area contributed by atoms with Crippen LogP contribution in [0.1, 0.15) is 13.8 Å². The number of benzene rings is 3. The molecule has 0 atom stereocenters. The number of hydrogen-bond donors (Lipinski definition) is 3. The molecule has 7 rings (SSSR count). The van der Waals surface area contributed by atoms with E-state index in [1.54, 1.807) is 13.0 Å². The van der Waals surface area contributed by atoms with Crippen LogP contribution in [-0.4, -0.2) is 148 Å². The van der Waals surface area contributed by atoms with Gasteiger partial charge in [0.2, 0.25) is 5.91 Å². The van der Waals surface area contributed by atoms with Crippen LogP contribution in [0.15, 0.2) is 91.1 Å². The molecular weight excluding hydrogens is 935 g/mol. The maximum atomic E-state index is 12.1. The molecule has 3 N–H and O–H groups in total. The second kappa shape index (κ2) is 28.4. The highest BCUT2D eigenvalue weighted by atomic mass is 79.9. The van der Waals surface area contributed by atoms with Crippen molar-refractivity contribution >= 4 is 91.5 Å². The van der Waals surface area contributed by atoms with Gasteiger partial charge in [-0.3, -0.25) is 24.2 Å². The summed E-state index contributed by atoms with van der Waals surface area (Å²) in [7, 11) is 0. The van der Waals surface area contributed by atoms with Crippen LogP contribution in [0.2, 0.25) is 15.1 Å². The predicted molar refractivity (Wildman–Crippen MR) is 258 cm³/mol. The van der Waals surface area contributed by atoms with E-state index in [0.29, 0.717) is 37.5 Å². The number of esters is 2. The van der Waals surface area contributed by atoms with Gasteiger partial charge in [-0.05, 0) is 98.8 Å². The van der Waals surface area contributed by atoms with Crippen molar-refractivity contribution in [1.82, 2.24) is 20.1 Å². The molecule has 3 fully saturated rings. The van der Waals surface area contributed by atoms with Crippen molar-refractivity contribution in [2.75, 3.05) is 130 Å². The van der Waals surface area contributed by atoms with Crippen molar-refractivity contribution in [3.05, 3.63) is 106 Å². The van der Waals surface area contributed by atoms with Gasteiger partial charge in [0.25, 0.3) is 0 Å². The van der Waals surface area contributed by atoms with E-state index in [1.165, 1.54) is 23.6 Å². The van der Waals surface area contributed by atoms with Gasteiger partial charge in [0.1, 0.15) is 16.9 Å². The normalized spacial score (nSPS) is 15.3. The van der Waals surface area contributed by atoms with E-state index in [9.17, 15) is 19.5 Å². The van der Waals surface area contributed by atoms with Crippen molar-refractivity contribution in [2.45, 2.75) is 13.8 Å². The second-order valence-electron chi connectivity index (χ2n) is 14.4. The molecule has 18 heteroatoms. The number of hydrogen-bond acceptors (Lipinski definition) is 13. The highest BCUT2D eigenvalue weighted by molar-refractivity contribution is 9.09. The minimum atomic E-state index is -0.206. The van der Waals surface area contributed by atoms with Crippen LogP contribution in [0.3, 0.4) is 0 Å². The lowest BCUT2D eigenvalue weighted by Crippen LogP contribution is -2.48. The molecule has 63 heavy (non-hydrogen) atoms. The smallest absolute Gasteiger partial charge is 0.320 e. The first kappa shape index (κ1) is 51.3. The fourth-order valence-electron chi connectivity index (χ4n) is 6.64. The van der Waals surface area contributed by atoms with Gasteiger partial charge < -0.3 is 39.9 Å². The third-order valence-electron chi connectivity index (χ3n) is 9.89. The van der Waals surface area contributed by atoms with Gasteiger partial charge in [0.05, 0.1) is 32.5 Å². The monoisotopic (exact) mass is 990 g/mol. The number of nitrogens with zero attached hydrogens (tertiary/aromatic N) is 6. The average molecular weight is 993 g/mol. The summed E-state index contributed by atoms with van der Waals surface area (Å²) in [6.45, 7) is 16.5. The number of piperazine rings is 3. The summed E-state index contributed by atoms with van der Waals surface area (Å²) in [5.74, 6) is 0.0713. The first-order valence-electron chi connectivity index (χ1n) is 20.9. The van der Waals surface area contributed by atoms with E-state index in [2.05, 4.69) is 72.9 Å². The van der Waals surface area contributed by atoms with E-state index in [1.807, 2.05) is 67.6 Å². The van der Waals surface area contributed by atoms with Crippen LogP contribution < -0.4 is 25.3 Å². The average Bonchev–Trinajstić information content (AvgIpc) is 3.30. The Bertz CT molecular complexity index is 1930. The quantitative estimate of drug-likeness (QED) is 0.106. The van der Waals surface area contributed by atoms with Gasteiger partial charge in [0.15, 0.2) is 0 Å². The van der Waals surface area contributed by atoms with E-state index in [-0.39, 0.29) is 23.6 Å². The molecule has 4 aromatic rings. The number of amides is 1. The molecule has 342 valence electrons. The van der Waals surface area contributed by atoms with Crippen molar-refractivity contribution in [3.8, 4) is 5.75 Å². The number of pyridine rings is 1. The molecule has 0 aliphatic carbocycles. The Kier molecular flexibility index (Phi) is 23.2. The van der Waals surface area contributed by atoms with E-state index < -0.39 is 0 Å². The zero-order valence-electron chi connectivity index (χ0n) is 35.9. The van der Waals surface area contributed by atoms with Crippen LogP contribution in [0, 0.1) is 0 Å². The van der Waals surface area contributed by atoms with Gasteiger partial charge in [-0.1, -0.05) is 50.7 Å². The molecule has 0 bridgehead atoms. The van der Waals surface area contributed by atoms with Crippen LogP contribution in [0.4, 0.5) is 22.9 Å². The van der Waals surface area contributed by atoms with Crippen LogP contribution in [-0.2, 0) is 23.9 Å². The molecule has 1 aromatic heterocycles. The minimum Gasteiger partial charge on any atom is -0.506 e. The summed E-state index contributed by atoms with van der Waals surface area (Å²) in [5, 5.41) is 17.8. The van der Waals surface area contributed by atoms with E-state index in [4.69, 9.17) is 39.5 Å². The molecule has 0 radical (unpaired) electrons. The Morgan fingerprint density at radius 3 is 1.41 bits per heavy atom. The number of anilines is 4. The first-order chi connectivity index (χ1) is 30.5. The maximum absolute atomic E-state index is 12.1. The highest BCUT2D eigenvalue weighted by Gasteiger charge is 2.21. The number of carbonyl (C=O) groups is 3. The van der Waals surface area contributed by atoms with Crippen molar-refractivity contribution in [2.24, 2.45) is 0 Å². The fourth-order valence-corrected chi connectivity index (χ4v) is 7.18. The topological polar surface area (TPSA) is 143 Å². The maximum Gasteiger partial charge on any atom is 0.320 e. The minimum absolute atomic E-state index is 0.0753. The Morgan fingerprint density at radius 2 is 1.03 bits per heavy atom. The number of aromatic nitrogens is 1. The van der Waals surface area contributed by atoms with Crippen molar-refractivity contribution in [3.63, 3.8) is 0 Å². The summed E-state index contributed by atoms with van der Waals surface area (Å²) in [6, 6.07) is 26.8. The predicted octanol–water partition coefficient (Wildman–Crippen LogP) is 6.92. The van der Waals surface area contributed by atoms with Crippen LogP contribution >= 0.6 is 50.7 Å². The molecule has 3 aliphatic rings. The van der Waals surface area contributed by atoms with Gasteiger partial charge in [-0.2, -0.15) is 0 Å². The summed E-state index contributed by atoms with van der Waals surface area (Å²) in [6.07, 6.45) is 1.31. The largest absolute Gasteiger partial charge is 0.506 e. The summed E-state index contributed by atoms with van der Waals surface area (Å²) < 4.78 is 9.47. The molecule has 0 saturated carbocycles. The lowest BCUT2D eigenvalue weighted by atomic mass is 10.2. The van der Waals surface area contributed by atoms with Crippen molar-refractivity contribution < 1.29 is 29.0 Å². The number of rotatable bonds is 11. The van der Waals surface area contributed by atoms with Crippen molar-refractivity contribution in [1.29, 1.82) is 0 Å². The number of carbonyl (C=O) groups excluding carboxylic acids is 3. The lowest BCUT2D eigenvalue weighted by molar-refractivity contribution is -0.144. The molecule has 14 nitrogen and oxygen atoms in total. The Labute approximate surface area is 394 Å². The summed E-state index contributed by atoms with van der Waals surface area (Å²) >= 11 is 20.6. The van der Waals surface area contributed by atoms with Gasteiger partial charge in [0, 0.05) is 111 Å². The molecule has 3 aromatic carbocycles. The number of ether oxygens (including phenoxy) is 2. The number of halogens is 4. The Balaban J connectivity index is 0.000000199. The highest BCUT2D eigenvalue weighted by Crippen LogP contribution is 2.21. The molecule has 3 aliphatic heterocycles. The summed E-state index contributed by atoms with van der Waals surface area (Å²) in [4.78, 5) is 48.8. The van der Waals surface area contributed by atoms with Gasteiger partial charge >= 0.3 is 11.9 Å². The number of nitrogens with one attached hydrogen (secondary N) is 2. The zero-order valence-corrected chi connectivity index (χ0v) is 39.7. The standard InChI is InChI=1S/C17H19ClN4O2.C14H19ClN2O2.C10H13ClN2.C4H7BrO2/c18-13-1-3-14(4-2-13)22-9-7-21(8-10-22)12-17(24)20-16-6-5-15(23)11-19-16;1-2-19-14(18)11-16-7-9-17(10-8-16)13-5-3-12(15)4-6-13;11-9-1-3-10(4-2-9)13-7-5-12-6-8-13;1-2-7-4(6)3-5/h1-6,11,23H,7-10,12H2,(H,19,20,24);3-6H,2,7-11H2,1H3;1-4,12H,5-8H2;2-3H2,1H3. The Morgan fingerprint density at radius 1 is 0.619 bits per heavy atom. The van der Waals surface area contributed by atoms with E-state index >= 15 is 0 Å². The fraction of sp³-hybridized carbons (Fsp3) is 0.422. The van der Waals surface area contributed by atoms with Crippen LogP contribution in [0.25, 0.3) is 0 Å². The third-order valence-corrected chi connectivity index (χ3v) is 11.1.